The fourth-order valence-corrected chi connectivity index (χ4v) is 2.30. The van der Waals surface area contributed by atoms with Crippen molar-refractivity contribution < 1.29 is 9.84 Å². The van der Waals surface area contributed by atoms with E-state index >= 15 is 0 Å². The van der Waals surface area contributed by atoms with Gasteiger partial charge in [-0.15, -0.1) is 11.8 Å². The number of ether oxygens (including phenoxy) is 1. The molecular formula is C15H16O2S. The lowest BCUT2D eigenvalue weighted by molar-refractivity contribution is 0.219. The molecule has 0 aliphatic carbocycles. The molecule has 1 unspecified atom stereocenters. The van der Waals surface area contributed by atoms with Crippen LogP contribution in [0.2, 0.25) is 0 Å². The van der Waals surface area contributed by atoms with Crippen LogP contribution in [0.15, 0.2) is 53.4 Å². The van der Waals surface area contributed by atoms with Gasteiger partial charge in [-0.25, -0.2) is 0 Å². The fraction of sp³-hybridized carbons (Fsp3) is 0.200. The van der Waals surface area contributed by atoms with Gasteiger partial charge in [-0.1, -0.05) is 30.3 Å². The Morgan fingerprint density at radius 3 is 2.39 bits per heavy atom. The Bertz CT molecular complexity index is 489. The molecule has 0 aromatic heterocycles. The molecule has 0 aliphatic rings. The van der Waals surface area contributed by atoms with Crippen LogP contribution in [0, 0.1) is 0 Å². The Morgan fingerprint density at radius 1 is 1.06 bits per heavy atom. The van der Waals surface area contributed by atoms with Crippen LogP contribution in [0.5, 0.6) is 5.75 Å². The van der Waals surface area contributed by atoms with Gasteiger partial charge < -0.3 is 9.84 Å². The highest BCUT2D eigenvalue weighted by Crippen LogP contribution is 2.29. The van der Waals surface area contributed by atoms with Crippen molar-refractivity contribution in [2.24, 2.45) is 0 Å². The van der Waals surface area contributed by atoms with E-state index in [1.807, 2.05) is 54.8 Å². The van der Waals surface area contributed by atoms with E-state index < -0.39 is 6.10 Å². The van der Waals surface area contributed by atoms with E-state index in [4.69, 9.17) is 4.74 Å². The minimum absolute atomic E-state index is 0.618. The molecule has 2 aromatic rings. The van der Waals surface area contributed by atoms with Gasteiger partial charge in [-0.3, -0.25) is 0 Å². The lowest BCUT2D eigenvalue weighted by atomic mass is 10.0. The summed E-state index contributed by atoms with van der Waals surface area (Å²) in [6.45, 7) is 0. The molecule has 0 radical (unpaired) electrons. The molecule has 0 fully saturated rings. The quantitative estimate of drug-likeness (QED) is 0.853. The van der Waals surface area contributed by atoms with Crippen molar-refractivity contribution in [3.05, 3.63) is 59.7 Å². The van der Waals surface area contributed by atoms with Crippen LogP contribution in [-0.4, -0.2) is 18.5 Å². The standard InChI is InChI=1S/C15H16O2S/c1-17-13-8-12(9-14(10-13)18-2)15(16)11-6-4-3-5-7-11/h3-10,15-16H,1-2H3. The zero-order valence-corrected chi connectivity index (χ0v) is 11.3. The molecule has 0 bridgehead atoms. The smallest absolute Gasteiger partial charge is 0.120 e. The van der Waals surface area contributed by atoms with Crippen molar-refractivity contribution >= 4 is 11.8 Å². The minimum atomic E-state index is -0.618. The van der Waals surface area contributed by atoms with E-state index in [1.165, 1.54) is 0 Å². The summed E-state index contributed by atoms with van der Waals surface area (Å²) >= 11 is 1.63. The molecular weight excluding hydrogens is 244 g/mol. The van der Waals surface area contributed by atoms with E-state index in [0.717, 1.165) is 21.8 Å². The van der Waals surface area contributed by atoms with Gasteiger partial charge in [0, 0.05) is 4.90 Å². The number of hydrogen-bond donors (Lipinski definition) is 1. The predicted octanol–water partition coefficient (Wildman–Crippen LogP) is 3.50. The Kier molecular flexibility index (Phi) is 4.28. The summed E-state index contributed by atoms with van der Waals surface area (Å²) in [6, 6.07) is 15.5. The van der Waals surface area contributed by atoms with Crippen LogP contribution in [0.4, 0.5) is 0 Å². The van der Waals surface area contributed by atoms with Gasteiger partial charge in [0.05, 0.1) is 7.11 Å². The van der Waals surface area contributed by atoms with E-state index in [-0.39, 0.29) is 0 Å². The maximum Gasteiger partial charge on any atom is 0.120 e. The van der Waals surface area contributed by atoms with Crippen LogP contribution in [0.3, 0.4) is 0 Å². The van der Waals surface area contributed by atoms with Crippen LogP contribution in [0.1, 0.15) is 17.2 Å². The second kappa shape index (κ2) is 5.94. The Balaban J connectivity index is 2.38. The number of rotatable bonds is 4. The highest BCUT2D eigenvalue weighted by Gasteiger charge is 2.12. The van der Waals surface area contributed by atoms with Gasteiger partial charge >= 0.3 is 0 Å². The van der Waals surface area contributed by atoms with E-state index in [9.17, 15) is 5.11 Å². The summed E-state index contributed by atoms with van der Waals surface area (Å²) in [5.74, 6) is 0.770. The molecule has 0 spiro atoms. The van der Waals surface area contributed by atoms with Gasteiger partial charge in [0.2, 0.25) is 0 Å². The van der Waals surface area contributed by atoms with Crippen LogP contribution in [0.25, 0.3) is 0 Å². The van der Waals surface area contributed by atoms with Gasteiger partial charge in [0.1, 0.15) is 11.9 Å². The first-order valence-electron chi connectivity index (χ1n) is 5.70. The zero-order chi connectivity index (χ0) is 13.0. The summed E-state index contributed by atoms with van der Waals surface area (Å²) in [5, 5.41) is 10.4. The average Bonchev–Trinajstić information content (AvgIpc) is 2.46. The predicted molar refractivity (Wildman–Crippen MR) is 75.3 cm³/mol. The monoisotopic (exact) mass is 260 g/mol. The van der Waals surface area contributed by atoms with Crippen LogP contribution in [-0.2, 0) is 0 Å². The van der Waals surface area contributed by atoms with Crippen molar-refractivity contribution in [3.63, 3.8) is 0 Å². The minimum Gasteiger partial charge on any atom is -0.497 e. The number of benzene rings is 2. The molecule has 0 amide bonds. The highest BCUT2D eigenvalue weighted by atomic mass is 32.2. The lowest BCUT2D eigenvalue weighted by Gasteiger charge is -2.14. The molecule has 1 atom stereocenters. The third-order valence-electron chi connectivity index (χ3n) is 2.80. The first kappa shape index (κ1) is 13.0. The second-order valence-corrected chi connectivity index (χ2v) is 4.84. The van der Waals surface area contributed by atoms with Crippen molar-refractivity contribution in [3.8, 4) is 5.75 Å². The van der Waals surface area contributed by atoms with Crippen molar-refractivity contribution in [1.82, 2.24) is 0 Å². The van der Waals surface area contributed by atoms with E-state index in [0.29, 0.717) is 0 Å². The molecule has 0 heterocycles. The maximum atomic E-state index is 10.4. The number of thioether (sulfide) groups is 1. The van der Waals surface area contributed by atoms with Gasteiger partial charge in [0.15, 0.2) is 0 Å². The summed E-state index contributed by atoms with van der Waals surface area (Å²) in [7, 11) is 1.64. The molecule has 2 nitrogen and oxygen atoms in total. The molecule has 1 N–H and O–H groups in total. The molecule has 0 aliphatic heterocycles. The molecule has 0 saturated carbocycles. The van der Waals surface area contributed by atoms with Gasteiger partial charge in [-0.2, -0.15) is 0 Å². The summed E-state index contributed by atoms with van der Waals surface area (Å²) in [4.78, 5) is 1.08. The number of aliphatic hydroxyl groups excluding tert-OH is 1. The first-order chi connectivity index (χ1) is 8.74. The molecule has 3 heteroatoms. The molecule has 94 valence electrons. The summed E-state index contributed by atoms with van der Waals surface area (Å²) in [6.07, 6.45) is 1.39. The molecule has 0 saturated heterocycles. The topological polar surface area (TPSA) is 29.5 Å². The third-order valence-corrected chi connectivity index (χ3v) is 3.51. The SMILES string of the molecule is COc1cc(SC)cc(C(O)c2ccccc2)c1. The molecule has 18 heavy (non-hydrogen) atoms. The fourth-order valence-electron chi connectivity index (χ4n) is 1.82. The third kappa shape index (κ3) is 2.86. The van der Waals surface area contributed by atoms with Gasteiger partial charge in [-0.05, 0) is 35.6 Å². The van der Waals surface area contributed by atoms with Crippen LogP contribution < -0.4 is 4.74 Å². The Labute approximate surface area is 112 Å². The normalized spacial score (nSPS) is 12.2. The van der Waals surface area contributed by atoms with Crippen molar-refractivity contribution in [2.45, 2.75) is 11.0 Å². The second-order valence-electron chi connectivity index (χ2n) is 3.96. The van der Waals surface area contributed by atoms with Crippen molar-refractivity contribution in [2.75, 3.05) is 13.4 Å². The average molecular weight is 260 g/mol. The largest absolute Gasteiger partial charge is 0.497 e. The van der Waals surface area contributed by atoms with E-state index in [1.54, 1.807) is 18.9 Å². The van der Waals surface area contributed by atoms with Crippen LogP contribution >= 0.6 is 11.8 Å². The summed E-state index contributed by atoms with van der Waals surface area (Å²) < 4.78 is 5.26. The Hall–Kier alpha value is -1.45. The highest BCUT2D eigenvalue weighted by molar-refractivity contribution is 7.98. The Morgan fingerprint density at radius 2 is 1.78 bits per heavy atom. The maximum absolute atomic E-state index is 10.4. The molecule has 2 aromatic carbocycles. The van der Waals surface area contributed by atoms with E-state index in [2.05, 4.69) is 0 Å². The molecule has 2 rings (SSSR count). The number of methoxy groups -OCH3 is 1. The van der Waals surface area contributed by atoms with Crippen molar-refractivity contribution in [1.29, 1.82) is 0 Å². The summed E-state index contributed by atoms with van der Waals surface area (Å²) in [5.41, 5.74) is 1.74. The lowest BCUT2D eigenvalue weighted by Crippen LogP contribution is -2.00. The number of hydrogen-bond acceptors (Lipinski definition) is 3. The van der Waals surface area contributed by atoms with Gasteiger partial charge in [0.25, 0.3) is 0 Å². The number of aliphatic hydroxyl groups is 1. The zero-order valence-electron chi connectivity index (χ0n) is 10.5. The first-order valence-corrected chi connectivity index (χ1v) is 6.93.